The first-order chi connectivity index (χ1) is 19.3. The second-order valence-corrected chi connectivity index (χ2v) is 8.81. The summed E-state index contributed by atoms with van der Waals surface area (Å²) in [6, 6.07) is 15.5. The molecule has 2 aromatic carbocycles. The Balaban J connectivity index is 1.45. The molecule has 0 fully saturated rings. The Kier molecular flexibility index (Phi) is 7.62. The van der Waals surface area contributed by atoms with Crippen LogP contribution in [0, 0.1) is 0 Å². The lowest BCUT2D eigenvalue weighted by Crippen LogP contribution is -2.19. The van der Waals surface area contributed by atoms with Crippen molar-refractivity contribution in [1.82, 2.24) is 29.7 Å². The van der Waals surface area contributed by atoms with E-state index in [1.54, 1.807) is 12.3 Å². The Hall–Kier alpha value is -4.94. The van der Waals surface area contributed by atoms with Gasteiger partial charge in [0, 0.05) is 19.3 Å². The number of aryl methyl sites for hydroxylation is 1. The van der Waals surface area contributed by atoms with Gasteiger partial charge in [-0.3, -0.25) is 10.4 Å². The van der Waals surface area contributed by atoms with Crippen LogP contribution >= 0.6 is 0 Å². The molecule has 0 spiro atoms. The van der Waals surface area contributed by atoms with Gasteiger partial charge in [-0.15, -0.1) is 0 Å². The molecule has 3 aromatic heterocycles. The second-order valence-electron chi connectivity index (χ2n) is 8.81. The molecule has 0 unspecified atom stereocenters. The summed E-state index contributed by atoms with van der Waals surface area (Å²) in [7, 11) is 0. The average molecular weight is 551 g/mol. The monoisotopic (exact) mass is 550 g/mol. The highest BCUT2D eigenvalue weighted by Gasteiger charge is 2.30. The van der Waals surface area contributed by atoms with Gasteiger partial charge in [-0.2, -0.15) is 28.2 Å². The fourth-order valence-electron chi connectivity index (χ4n) is 4.09. The number of anilines is 2. The number of aromatic nitrogens is 6. The number of nitrogens with zero attached hydrogens (tertiary/aromatic N) is 5. The minimum Gasteiger partial charge on any atom is -0.410 e. The molecule has 0 aliphatic carbocycles. The van der Waals surface area contributed by atoms with E-state index in [1.807, 2.05) is 41.8 Å². The maximum atomic E-state index is 12.9. The lowest BCUT2D eigenvalue weighted by molar-refractivity contribution is -0.137. The molecule has 13 heteroatoms. The number of amides is 1. The van der Waals surface area contributed by atoms with Crippen molar-refractivity contribution in [3.8, 4) is 17.3 Å². The standard InChI is InChI=1S/C27H25F3N8O2/c1-2-16-38-23(20-13-15-32-37-20)33-21-22(35-26(39)40-19-10-8-18(9-11-19)27(28,29)30)34-25(36-24(21)38)31-14-12-17-6-4-3-5-7-17/h3-11,13,15H,2,12,14,16H2,1H3,(H,32,37)(H2,31,34,35,36,39). The van der Waals surface area contributed by atoms with Crippen LogP contribution in [-0.2, 0) is 19.1 Å². The third-order valence-electron chi connectivity index (χ3n) is 5.92. The number of rotatable bonds is 9. The quantitative estimate of drug-likeness (QED) is 0.209. The van der Waals surface area contributed by atoms with Gasteiger partial charge in [-0.1, -0.05) is 37.3 Å². The van der Waals surface area contributed by atoms with Crippen molar-refractivity contribution in [2.24, 2.45) is 0 Å². The molecule has 206 valence electrons. The van der Waals surface area contributed by atoms with Crippen LogP contribution in [0.4, 0.5) is 29.7 Å². The maximum absolute atomic E-state index is 12.9. The Morgan fingerprint density at radius 2 is 1.80 bits per heavy atom. The Morgan fingerprint density at radius 1 is 1.02 bits per heavy atom. The fraction of sp³-hybridized carbons (Fsp3) is 0.222. The molecule has 5 aromatic rings. The molecule has 0 saturated heterocycles. The summed E-state index contributed by atoms with van der Waals surface area (Å²) < 4.78 is 45.7. The molecule has 0 saturated carbocycles. The zero-order valence-corrected chi connectivity index (χ0v) is 21.4. The van der Waals surface area contributed by atoms with Crippen LogP contribution in [0.3, 0.4) is 0 Å². The summed E-state index contributed by atoms with van der Waals surface area (Å²) >= 11 is 0. The van der Waals surface area contributed by atoms with Crippen molar-refractivity contribution in [1.29, 1.82) is 0 Å². The maximum Gasteiger partial charge on any atom is 0.418 e. The van der Waals surface area contributed by atoms with Crippen LogP contribution in [-0.4, -0.2) is 42.4 Å². The van der Waals surface area contributed by atoms with Gasteiger partial charge < -0.3 is 14.6 Å². The van der Waals surface area contributed by atoms with E-state index >= 15 is 0 Å². The number of hydrogen-bond acceptors (Lipinski definition) is 7. The predicted octanol–water partition coefficient (Wildman–Crippen LogP) is 5.91. The van der Waals surface area contributed by atoms with Gasteiger partial charge in [0.05, 0.1) is 5.56 Å². The third kappa shape index (κ3) is 6.03. The van der Waals surface area contributed by atoms with Gasteiger partial charge in [0.2, 0.25) is 5.95 Å². The van der Waals surface area contributed by atoms with Crippen LogP contribution in [0.2, 0.25) is 0 Å². The molecular formula is C27H25F3N8O2. The van der Waals surface area contributed by atoms with Gasteiger partial charge in [-0.05, 0) is 48.7 Å². The first-order valence-electron chi connectivity index (χ1n) is 12.5. The zero-order chi connectivity index (χ0) is 28.1. The minimum atomic E-state index is -4.50. The van der Waals surface area contributed by atoms with E-state index in [9.17, 15) is 18.0 Å². The van der Waals surface area contributed by atoms with Gasteiger partial charge >= 0.3 is 12.3 Å². The van der Waals surface area contributed by atoms with Crippen molar-refractivity contribution in [3.05, 3.63) is 78.0 Å². The number of benzene rings is 2. The lowest BCUT2D eigenvalue weighted by atomic mass is 10.1. The number of carbonyl (C=O) groups is 1. The van der Waals surface area contributed by atoms with Crippen LogP contribution in [0.1, 0.15) is 24.5 Å². The van der Waals surface area contributed by atoms with Crippen LogP contribution in [0.25, 0.3) is 22.7 Å². The van der Waals surface area contributed by atoms with Crippen molar-refractivity contribution < 1.29 is 22.7 Å². The smallest absolute Gasteiger partial charge is 0.410 e. The molecule has 0 atom stereocenters. The summed E-state index contributed by atoms with van der Waals surface area (Å²) in [5, 5.41) is 12.8. The molecule has 0 aliphatic rings. The summed E-state index contributed by atoms with van der Waals surface area (Å²) in [4.78, 5) is 26.6. The van der Waals surface area contributed by atoms with Crippen LogP contribution < -0.4 is 15.4 Å². The number of alkyl halides is 3. The Labute approximate surface area is 226 Å². The zero-order valence-electron chi connectivity index (χ0n) is 21.4. The average Bonchev–Trinajstić information content (AvgIpc) is 3.58. The third-order valence-corrected chi connectivity index (χ3v) is 5.92. The fourth-order valence-corrected chi connectivity index (χ4v) is 4.09. The highest BCUT2D eigenvalue weighted by atomic mass is 19.4. The van der Waals surface area contributed by atoms with E-state index in [0.717, 1.165) is 36.2 Å². The number of hydrogen-bond donors (Lipinski definition) is 3. The molecule has 3 N–H and O–H groups in total. The number of ether oxygens (including phenoxy) is 1. The lowest BCUT2D eigenvalue weighted by Gasteiger charge is -2.11. The molecule has 5 rings (SSSR count). The second kappa shape index (κ2) is 11.4. The SMILES string of the molecule is CCCn1c(-c2cc[nH]n2)nc2c(NC(=O)Oc3ccc(C(F)(F)F)cc3)nc(NCCc3ccccc3)nc21. The number of halogens is 3. The molecule has 0 radical (unpaired) electrons. The van der Waals surface area contributed by atoms with Crippen molar-refractivity contribution in [3.63, 3.8) is 0 Å². The minimum absolute atomic E-state index is 0.0641. The van der Waals surface area contributed by atoms with Crippen LogP contribution in [0.15, 0.2) is 66.9 Å². The van der Waals surface area contributed by atoms with Crippen molar-refractivity contribution in [2.45, 2.75) is 32.5 Å². The van der Waals surface area contributed by atoms with E-state index in [2.05, 4.69) is 35.8 Å². The largest absolute Gasteiger partial charge is 0.418 e. The number of carbonyl (C=O) groups excluding carboxylic acids is 1. The Bertz CT molecular complexity index is 1580. The highest BCUT2D eigenvalue weighted by molar-refractivity contribution is 5.96. The molecule has 0 aliphatic heterocycles. The summed E-state index contributed by atoms with van der Waals surface area (Å²) in [6.07, 6.45) is -2.27. The summed E-state index contributed by atoms with van der Waals surface area (Å²) in [5.41, 5.74) is 1.65. The van der Waals surface area contributed by atoms with Crippen molar-refractivity contribution >= 4 is 29.0 Å². The predicted molar refractivity (Wildman–Crippen MR) is 143 cm³/mol. The number of nitrogens with one attached hydrogen (secondary N) is 3. The first kappa shape index (κ1) is 26.7. The first-order valence-corrected chi connectivity index (χ1v) is 12.5. The van der Waals surface area contributed by atoms with Gasteiger partial charge in [0.15, 0.2) is 22.8 Å². The van der Waals surface area contributed by atoms with Gasteiger partial charge in [0.1, 0.15) is 11.4 Å². The van der Waals surface area contributed by atoms with E-state index in [0.29, 0.717) is 42.2 Å². The van der Waals surface area contributed by atoms with E-state index < -0.39 is 17.8 Å². The normalized spacial score (nSPS) is 11.5. The van der Waals surface area contributed by atoms with Crippen molar-refractivity contribution in [2.75, 3.05) is 17.2 Å². The van der Waals surface area contributed by atoms with E-state index in [4.69, 9.17) is 4.74 Å². The number of imidazole rings is 1. The molecule has 40 heavy (non-hydrogen) atoms. The number of aromatic amines is 1. The topological polar surface area (TPSA) is 123 Å². The molecular weight excluding hydrogens is 525 g/mol. The highest BCUT2D eigenvalue weighted by Crippen LogP contribution is 2.31. The summed E-state index contributed by atoms with van der Waals surface area (Å²) in [5.74, 6) is 0.813. The molecule has 1 amide bonds. The number of H-pyrrole nitrogens is 1. The van der Waals surface area contributed by atoms with E-state index in [-0.39, 0.29) is 17.5 Å². The molecule has 0 bridgehead atoms. The summed E-state index contributed by atoms with van der Waals surface area (Å²) in [6.45, 7) is 3.12. The number of fused-ring (bicyclic) bond motifs is 1. The van der Waals surface area contributed by atoms with Crippen LogP contribution in [0.5, 0.6) is 5.75 Å². The molecule has 3 heterocycles. The Morgan fingerprint density at radius 3 is 2.48 bits per heavy atom. The van der Waals surface area contributed by atoms with E-state index in [1.165, 1.54) is 0 Å². The van der Waals surface area contributed by atoms with Gasteiger partial charge in [-0.25, -0.2) is 9.78 Å². The molecule has 10 nitrogen and oxygen atoms in total. The van der Waals surface area contributed by atoms with Gasteiger partial charge in [0.25, 0.3) is 0 Å².